The molecule has 1 aromatic heterocycles. The Hall–Kier alpha value is -1.46. The van der Waals surface area contributed by atoms with Crippen molar-refractivity contribution < 1.29 is 16.8 Å². The number of benzene rings is 1. The highest BCUT2D eigenvalue weighted by Gasteiger charge is 2.17. The third-order valence-corrected chi connectivity index (χ3v) is 4.58. The first-order chi connectivity index (χ1) is 9.09. The van der Waals surface area contributed by atoms with E-state index in [4.69, 9.17) is 21.9 Å². The molecule has 108 valence electrons. The largest absolute Gasteiger partial charge is 0.328 e. The normalized spacial score (nSPS) is 12.6. The lowest BCUT2D eigenvalue weighted by Crippen LogP contribution is -2.13. The number of nitrogens with two attached hydrogens (primary N) is 2. The van der Waals surface area contributed by atoms with Gasteiger partial charge in [-0.2, -0.15) is 0 Å². The second-order valence-electron chi connectivity index (χ2n) is 3.83. The van der Waals surface area contributed by atoms with Crippen LogP contribution in [0.4, 0.5) is 0 Å². The van der Waals surface area contributed by atoms with Crippen LogP contribution in [-0.4, -0.2) is 26.8 Å². The van der Waals surface area contributed by atoms with E-state index in [-0.39, 0.29) is 20.8 Å². The van der Waals surface area contributed by atoms with Gasteiger partial charge in [0.25, 0.3) is 10.0 Å². The number of hydrogen-bond donors (Lipinski definition) is 3. The van der Waals surface area contributed by atoms with Crippen molar-refractivity contribution in [1.29, 1.82) is 0 Å². The van der Waals surface area contributed by atoms with Crippen molar-refractivity contribution >= 4 is 31.6 Å². The molecule has 2 aromatic rings. The molecule has 0 amide bonds. The fourth-order valence-electron chi connectivity index (χ4n) is 1.46. The number of primary sulfonamides is 2. The summed E-state index contributed by atoms with van der Waals surface area (Å²) < 4.78 is 45.0. The van der Waals surface area contributed by atoms with Crippen molar-refractivity contribution in [2.75, 3.05) is 0 Å². The van der Waals surface area contributed by atoms with Crippen LogP contribution in [0.1, 0.15) is 0 Å². The Labute approximate surface area is 119 Å². The second-order valence-corrected chi connectivity index (χ2v) is 7.30. The van der Waals surface area contributed by atoms with Gasteiger partial charge in [0.05, 0.1) is 11.2 Å². The molecule has 0 spiro atoms. The van der Waals surface area contributed by atoms with Gasteiger partial charge in [-0.3, -0.25) is 0 Å². The van der Waals surface area contributed by atoms with Gasteiger partial charge in [0, 0.05) is 5.56 Å². The maximum atomic E-state index is 11.3. The van der Waals surface area contributed by atoms with Crippen molar-refractivity contribution in [2.45, 2.75) is 9.92 Å². The van der Waals surface area contributed by atoms with E-state index in [9.17, 15) is 16.8 Å². The lowest BCUT2D eigenvalue weighted by Gasteiger charge is -2.04. The molecule has 0 saturated carbocycles. The summed E-state index contributed by atoms with van der Waals surface area (Å²) in [6.45, 7) is 0. The van der Waals surface area contributed by atoms with E-state index in [0.29, 0.717) is 5.56 Å². The fraction of sp³-hybridized carbons (Fsp3) is 0. The Morgan fingerprint density at radius 1 is 1.10 bits per heavy atom. The molecule has 0 aliphatic rings. The lowest BCUT2D eigenvalue weighted by molar-refractivity contribution is 0.594. The Morgan fingerprint density at radius 2 is 1.75 bits per heavy atom. The van der Waals surface area contributed by atoms with Gasteiger partial charge in [-0.25, -0.2) is 32.1 Å². The first kappa shape index (κ1) is 14.9. The van der Waals surface area contributed by atoms with Gasteiger partial charge in [-0.15, -0.1) is 0 Å². The van der Waals surface area contributed by atoms with Crippen molar-refractivity contribution in [3.63, 3.8) is 0 Å². The first-order valence-corrected chi connectivity index (χ1v) is 8.46. The Kier molecular flexibility index (Phi) is 3.60. The van der Waals surface area contributed by atoms with Gasteiger partial charge >= 0.3 is 0 Å². The minimum Gasteiger partial charge on any atom is -0.328 e. The Bertz CT molecular complexity index is 873. The van der Waals surface area contributed by atoms with Crippen LogP contribution < -0.4 is 10.3 Å². The predicted molar refractivity (Wildman–Crippen MR) is 71.8 cm³/mol. The SMILES string of the molecule is NS(=O)(=O)c1cnc(-c2ccc(Cl)c(S(N)(=O)=O)c2)[nH]1. The van der Waals surface area contributed by atoms with E-state index in [1.807, 2.05) is 0 Å². The predicted octanol–water partition coefficient (Wildman–Crippen LogP) is 0.0249. The van der Waals surface area contributed by atoms with Crippen molar-refractivity contribution in [2.24, 2.45) is 10.3 Å². The summed E-state index contributed by atoms with van der Waals surface area (Å²) in [4.78, 5) is 5.99. The number of nitrogens with zero attached hydrogens (tertiary/aromatic N) is 1. The van der Waals surface area contributed by atoms with Crippen LogP contribution in [0.5, 0.6) is 0 Å². The van der Waals surface area contributed by atoms with Crippen molar-refractivity contribution in [3.05, 3.63) is 29.4 Å². The van der Waals surface area contributed by atoms with Gasteiger partial charge in [0.15, 0.2) is 5.03 Å². The van der Waals surface area contributed by atoms with E-state index in [2.05, 4.69) is 9.97 Å². The van der Waals surface area contributed by atoms with E-state index in [1.54, 1.807) is 0 Å². The molecule has 5 N–H and O–H groups in total. The molecule has 0 aliphatic carbocycles. The summed E-state index contributed by atoms with van der Waals surface area (Å²) in [5.74, 6) is 0.121. The zero-order valence-electron chi connectivity index (χ0n) is 9.74. The fourth-order valence-corrected chi connectivity index (χ4v) is 2.97. The van der Waals surface area contributed by atoms with Crippen molar-refractivity contribution in [1.82, 2.24) is 9.97 Å². The van der Waals surface area contributed by atoms with Gasteiger partial charge in [-0.05, 0) is 18.2 Å². The van der Waals surface area contributed by atoms with Crippen LogP contribution in [0.3, 0.4) is 0 Å². The second kappa shape index (κ2) is 4.82. The molecule has 2 rings (SSSR count). The summed E-state index contributed by atoms with van der Waals surface area (Å²) in [7, 11) is -7.93. The molecule has 1 aromatic carbocycles. The quantitative estimate of drug-likeness (QED) is 0.722. The van der Waals surface area contributed by atoms with E-state index >= 15 is 0 Å². The number of H-pyrrole nitrogens is 1. The highest BCUT2D eigenvalue weighted by Crippen LogP contribution is 2.26. The number of aromatic amines is 1. The van der Waals surface area contributed by atoms with Gasteiger partial charge in [0.1, 0.15) is 10.7 Å². The number of rotatable bonds is 3. The third kappa shape index (κ3) is 2.99. The molecule has 0 atom stereocenters. The monoisotopic (exact) mass is 336 g/mol. The number of sulfonamides is 2. The molecule has 0 bridgehead atoms. The van der Waals surface area contributed by atoms with Crippen LogP contribution in [0.2, 0.25) is 5.02 Å². The number of imidazole rings is 1. The summed E-state index contributed by atoms with van der Waals surface area (Å²) in [5.41, 5.74) is 0.299. The molecule has 0 radical (unpaired) electrons. The summed E-state index contributed by atoms with van der Waals surface area (Å²) in [6.07, 6.45) is 1.02. The Morgan fingerprint density at radius 3 is 2.25 bits per heavy atom. The van der Waals surface area contributed by atoms with Gasteiger partial charge in [-0.1, -0.05) is 11.6 Å². The lowest BCUT2D eigenvalue weighted by atomic mass is 10.2. The average Bonchev–Trinajstić information content (AvgIpc) is 2.77. The van der Waals surface area contributed by atoms with Crippen LogP contribution in [-0.2, 0) is 20.0 Å². The molecule has 20 heavy (non-hydrogen) atoms. The molecular weight excluding hydrogens is 328 g/mol. The topological polar surface area (TPSA) is 149 Å². The zero-order valence-corrected chi connectivity index (χ0v) is 12.1. The van der Waals surface area contributed by atoms with Crippen molar-refractivity contribution in [3.8, 4) is 11.4 Å². The third-order valence-electron chi connectivity index (χ3n) is 2.37. The molecule has 0 unspecified atom stereocenters. The molecular formula is C9H9ClN4O4S2. The highest BCUT2D eigenvalue weighted by molar-refractivity contribution is 7.89. The molecule has 0 aliphatic heterocycles. The van der Waals surface area contributed by atoms with E-state index in [1.165, 1.54) is 18.2 Å². The van der Waals surface area contributed by atoms with E-state index < -0.39 is 20.0 Å². The molecule has 11 heteroatoms. The Balaban J connectivity index is 2.58. The standard InChI is InChI=1S/C9H9ClN4O4S2/c10-6-2-1-5(3-7(6)19(11,15)16)9-13-4-8(14-9)20(12,17)18/h1-4H,(H,13,14)(H2,11,15,16)(H2,12,17,18). The summed E-state index contributed by atoms with van der Waals surface area (Å²) in [5, 5.41) is 9.62. The molecule has 1 heterocycles. The smallest absolute Gasteiger partial charge is 0.255 e. The van der Waals surface area contributed by atoms with Crippen LogP contribution in [0.25, 0.3) is 11.4 Å². The number of nitrogens with one attached hydrogen (secondary N) is 1. The number of halogens is 1. The van der Waals surface area contributed by atoms with Crippen LogP contribution in [0, 0.1) is 0 Å². The number of hydrogen-bond acceptors (Lipinski definition) is 5. The van der Waals surface area contributed by atoms with E-state index in [0.717, 1.165) is 6.20 Å². The minimum absolute atomic E-state index is 0.0468. The molecule has 0 saturated heterocycles. The van der Waals surface area contributed by atoms with Gasteiger partial charge < -0.3 is 4.98 Å². The van der Waals surface area contributed by atoms with Gasteiger partial charge in [0.2, 0.25) is 10.0 Å². The summed E-state index contributed by atoms with van der Waals surface area (Å²) in [6, 6.07) is 3.96. The zero-order chi connectivity index (χ0) is 15.1. The highest BCUT2D eigenvalue weighted by atomic mass is 35.5. The first-order valence-electron chi connectivity index (χ1n) is 4.99. The summed E-state index contributed by atoms with van der Waals surface area (Å²) >= 11 is 5.74. The van der Waals surface area contributed by atoms with Crippen LogP contribution >= 0.6 is 11.6 Å². The average molecular weight is 337 g/mol. The minimum atomic E-state index is -4.00. The molecule has 8 nitrogen and oxygen atoms in total. The maximum Gasteiger partial charge on any atom is 0.255 e. The molecule has 0 fully saturated rings. The number of aromatic nitrogens is 2. The maximum absolute atomic E-state index is 11.3. The van der Waals surface area contributed by atoms with Crippen LogP contribution in [0.15, 0.2) is 34.3 Å².